The minimum atomic E-state index is -0.582. The minimum Gasteiger partial charge on any atom is -0.341 e. The highest BCUT2D eigenvalue weighted by Gasteiger charge is 2.27. The van der Waals surface area contributed by atoms with Crippen molar-refractivity contribution in [1.29, 1.82) is 0 Å². The number of likely N-dealkylation sites (N-methyl/N-ethyl adjacent to an activating group) is 1. The van der Waals surface area contributed by atoms with Gasteiger partial charge >= 0.3 is 6.03 Å². The van der Waals surface area contributed by atoms with Crippen molar-refractivity contribution in [1.82, 2.24) is 10.6 Å². The van der Waals surface area contributed by atoms with Gasteiger partial charge in [-0.2, -0.15) is 0 Å². The predicted molar refractivity (Wildman–Crippen MR) is 97.8 cm³/mol. The Hall–Kier alpha value is -2.94. The number of carbonyl (C=O) groups excluding carboxylic acids is 4. The van der Waals surface area contributed by atoms with Gasteiger partial charge in [0, 0.05) is 25.3 Å². The number of hydrogen-bond donors (Lipinski definition) is 5. The Kier molecular flexibility index (Phi) is 8.23. The SMILES string of the molecule is CC[NH+](CC(=O)Nc1ccc(NC(C)=O)cc1)[C@@H](C)C(=O)NC(=O)NC. The van der Waals surface area contributed by atoms with Gasteiger partial charge in [0.25, 0.3) is 11.8 Å². The molecule has 142 valence electrons. The average Bonchev–Trinajstić information content (AvgIpc) is 2.60. The van der Waals surface area contributed by atoms with Crippen molar-refractivity contribution in [3.63, 3.8) is 0 Å². The summed E-state index contributed by atoms with van der Waals surface area (Å²) in [5.41, 5.74) is 1.22. The van der Waals surface area contributed by atoms with E-state index in [4.69, 9.17) is 0 Å². The van der Waals surface area contributed by atoms with E-state index in [-0.39, 0.29) is 18.4 Å². The zero-order valence-electron chi connectivity index (χ0n) is 15.4. The standard InChI is InChI=1S/C17H25N5O4/c1-5-22(11(2)16(25)21-17(26)18-4)10-15(24)20-14-8-6-13(7-9-14)19-12(3)23/h6-9,11H,5,10H2,1-4H3,(H,19,23)(H,20,24)(H2,18,21,25,26)/p+1/t11-/m0/s1. The van der Waals surface area contributed by atoms with Crippen LogP contribution < -0.4 is 26.2 Å². The number of rotatable bonds is 7. The fourth-order valence-electron chi connectivity index (χ4n) is 2.30. The second kappa shape index (κ2) is 10.1. The number of nitrogens with one attached hydrogen (secondary N) is 5. The van der Waals surface area contributed by atoms with Crippen LogP contribution in [0, 0.1) is 0 Å². The molecule has 0 bridgehead atoms. The van der Waals surface area contributed by atoms with Gasteiger partial charge in [-0.1, -0.05) is 0 Å². The lowest BCUT2D eigenvalue weighted by molar-refractivity contribution is -0.904. The lowest BCUT2D eigenvalue weighted by atomic mass is 10.2. The Balaban J connectivity index is 2.62. The van der Waals surface area contributed by atoms with Crippen LogP contribution in [-0.4, -0.2) is 49.9 Å². The molecule has 5 amide bonds. The lowest BCUT2D eigenvalue weighted by Crippen LogP contribution is -3.17. The zero-order valence-corrected chi connectivity index (χ0v) is 15.4. The monoisotopic (exact) mass is 364 g/mol. The van der Waals surface area contributed by atoms with Crippen molar-refractivity contribution in [2.24, 2.45) is 0 Å². The molecule has 0 aliphatic carbocycles. The summed E-state index contributed by atoms with van der Waals surface area (Å²) in [6.45, 7) is 5.55. The molecule has 0 saturated carbocycles. The highest BCUT2D eigenvalue weighted by atomic mass is 16.2. The molecule has 0 aliphatic rings. The molecule has 1 aromatic carbocycles. The third-order valence-electron chi connectivity index (χ3n) is 3.80. The van der Waals surface area contributed by atoms with Gasteiger partial charge in [0.05, 0.1) is 6.54 Å². The molecule has 9 heteroatoms. The van der Waals surface area contributed by atoms with E-state index < -0.39 is 18.0 Å². The Morgan fingerprint density at radius 3 is 2.04 bits per heavy atom. The molecule has 2 atom stereocenters. The summed E-state index contributed by atoms with van der Waals surface area (Å²) in [6.07, 6.45) is 0. The first kappa shape index (κ1) is 21.1. The van der Waals surface area contributed by atoms with Crippen LogP contribution >= 0.6 is 0 Å². The Morgan fingerprint density at radius 2 is 1.58 bits per heavy atom. The van der Waals surface area contributed by atoms with E-state index in [1.165, 1.54) is 14.0 Å². The molecule has 0 aromatic heterocycles. The number of anilines is 2. The first-order chi connectivity index (χ1) is 12.3. The van der Waals surface area contributed by atoms with E-state index in [9.17, 15) is 19.2 Å². The van der Waals surface area contributed by atoms with Crippen LogP contribution in [0.3, 0.4) is 0 Å². The van der Waals surface area contributed by atoms with Crippen LogP contribution in [0.4, 0.5) is 16.2 Å². The van der Waals surface area contributed by atoms with Gasteiger partial charge in [-0.25, -0.2) is 4.79 Å². The van der Waals surface area contributed by atoms with Crippen molar-refractivity contribution >= 4 is 35.1 Å². The topological polar surface area (TPSA) is 121 Å². The van der Waals surface area contributed by atoms with Gasteiger partial charge in [-0.05, 0) is 38.1 Å². The van der Waals surface area contributed by atoms with E-state index in [2.05, 4.69) is 21.3 Å². The van der Waals surface area contributed by atoms with E-state index in [1.807, 2.05) is 6.92 Å². The molecule has 0 fully saturated rings. The van der Waals surface area contributed by atoms with Gasteiger partial charge in [-0.3, -0.25) is 19.7 Å². The molecule has 1 unspecified atom stereocenters. The molecule has 0 radical (unpaired) electrons. The first-order valence-electron chi connectivity index (χ1n) is 8.31. The summed E-state index contributed by atoms with van der Waals surface area (Å²) in [5, 5.41) is 9.92. The highest BCUT2D eigenvalue weighted by Crippen LogP contribution is 2.13. The van der Waals surface area contributed by atoms with Crippen molar-refractivity contribution in [3.8, 4) is 0 Å². The first-order valence-corrected chi connectivity index (χ1v) is 8.31. The number of hydrogen-bond acceptors (Lipinski definition) is 4. The van der Waals surface area contributed by atoms with Crippen LogP contribution in [0.25, 0.3) is 0 Å². The molecule has 0 aliphatic heterocycles. The quantitative estimate of drug-likeness (QED) is 0.441. The lowest BCUT2D eigenvalue weighted by Gasteiger charge is -2.23. The van der Waals surface area contributed by atoms with Crippen molar-refractivity contribution in [2.75, 3.05) is 30.8 Å². The second-order valence-electron chi connectivity index (χ2n) is 5.79. The molecule has 0 saturated heterocycles. The van der Waals surface area contributed by atoms with E-state index >= 15 is 0 Å². The molecule has 0 heterocycles. The van der Waals surface area contributed by atoms with Crippen molar-refractivity contribution in [2.45, 2.75) is 26.8 Å². The predicted octanol–water partition coefficient (Wildman–Crippen LogP) is -0.668. The maximum atomic E-state index is 12.2. The maximum Gasteiger partial charge on any atom is 0.321 e. The molecule has 1 aromatic rings. The molecule has 1 rings (SSSR count). The summed E-state index contributed by atoms with van der Waals surface area (Å²) in [6, 6.07) is 5.57. The summed E-state index contributed by atoms with van der Waals surface area (Å²) in [7, 11) is 1.42. The number of benzene rings is 1. The molecular formula is C17H26N5O4+. The van der Waals surface area contributed by atoms with Crippen LogP contribution in [-0.2, 0) is 14.4 Å². The normalized spacial score (nSPS) is 12.5. The number of carbonyl (C=O) groups is 4. The van der Waals surface area contributed by atoms with Gasteiger partial charge in [-0.15, -0.1) is 0 Å². The Morgan fingerprint density at radius 1 is 1.04 bits per heavy atom. The largest absolute Gasteiger partial charge is 0.341 e. The van der Waals surface area contributed by atoms with Gasteiger partial charge in [0.2, 0.25) is 5.91 Å². The summed E-state index contributed by atoms with van der Waals surface area (Å²) >= 11 is 0. The summed E-state index contributed by atoms with van der Waals surface area (Å²) < 4.78 is 0. The molecule has 5 N–H and O–H groups in total. The second-order valence-corrected chi connectivity index (χ2v) is 5.79. The third kappa shape index (κ3) is 6.89. The molecule has 0 spiro atoms. The minimum absolute atomic E-state index is 0.0757. The van der Waals surface area contributed by atoms with E-state index in [1.54, 1.807) is 31.2 Å². The average molecular weight is 364 g/mol. The Bertz CT molecular complexity index is 660. The van der Waals surface area contributed by atoms with Crippen molar-refractivity contribution in [3.05, 3.63) is 24.3 Å². The summed E-state index contributed by atoms with van der Waals surface area (Å²) in [4.78, 5) is 47.2. The zero-order chi connectivity index (χ0) is 19.7. The number of urea groups is 1. The van der Waals surface area contributed by atoms with Crippen molar-refractivity contribution < 1.29 is 24.1 Å². The summed E-state index contributed by atoms with van der Waals surface area (Å²) in [5.74, 6) is -0.879. The molecule has 26 heavy (non-hydrogen) atoms. The van der Waals surface area contributed by atoms with Gasteiger partial charge in [0.15, 0.2) is 12.6 Å². The van der Waals surface area contributed by atoms with Crippen LogP contribution in [0.1, 0.15) is 20.8 Å². The van der Waals surface area contributed by atoms with Gasteiger partial charge in [0.1, 0.15) is 0 Å². The molecular weight excluding hydrogens is 338 g/mol. The van der Waals surface area contributed by atoms with E-state index in [0.717, 1.165) is 4.90 Å². The van der Waals surface area contributed by atoms with Crippen LogP contribution in [0.2, 0.25) is 0 Å². The fraction of sp³-hybridized carbons (Fsp3) is 0.412. The maximum absolute atomic E-state index is 12.2. The Labute approximate surface area is 152 Å². The fourth-order valence-corrected chi connectivity index (χ4v) is 2.30. The van der Waals surface area contributed by atoms with Crippen LogP contribution in [0.5, 0.6) is 0 Å². The van der Waals surface area contributed by atoms with E-state index in [0.29, 0.717) is 17.9 Å². The van der Waals surface area contributed by atoms with Crippen LogP contribution in [0.15, 0.2) is 24.3 Å². The molecule has 9 nitrogen and oxygen atoms in total. The highest BCUT2D eigenvalue weighted by molar-refractivity contribution is 5.96. The number of quaternary nitrogens is 1. The number of imide groups is 1. The van der Waals surface area contributed by atoms with Gasteiger partial charge < -0.3 is 20.9 Å². The smallest absolute Gasteiger partial charge is 0.321 e. The number of amides is 5. The third-order valence-corrected chi connectivity index (χ3v) is 3.80.